The van der Waals surface area contributed by atoms with E-state index in [2.05, 4.69) is 19.2 Å². The Morgan fingerprint density at radius 1 is 1.40 bits per heavy atom. The molecule has 0 saturated heterocycles. The van der Waals surface area contributed by atoms with Crippen LogP contribution in [0.15, 0.2) is 0 Å². The number of unbranched alkanes of at least 4 members (excludes halogenated alkanes) is 1. The summed E-state index contributed by atoms with van der Waals surface area (Å²) < 4.78 is 5.66. The lowest BCUT2D eigenvalue weighted by Gasteiger charge is -2.32. The molecular weight excluding hydrogens is 190 g/mol. The third kappa shape index (κ3) is 3.74. The largest absolute Gasteiger partial charge is 0.394 e. The smallest absolute Gasteiger partial charge is 0.0679 e. The van der Waals surface area contributed by atoms with E-state index in [1.165, 1.54) is 12.8 Å². The van der Waals surface area contributed by atoms with Gasteiger partial charge in [-0.2, -0.15) is 0 Å². The number of hydrogen-bond donors (Lipinski definition) is 2. The van der Waals surface area contributed by atoms with Crippen LogP contribution < -0.4 is 5.32 Å². The van der Waals surface area contributed by atoms with Gasteiger partial charge >= 0.3 is 0 Å². The number of aliphatic hydroxyl groups is 1. The molecule has 0 aromatic heterocycles. The molecule has 1 saturated carbocycles. The molecule has 1 aliphatic carbocycles. The summed E-state index contributed by atoms with van der Waals surface area (Å²) in [5, 5.41) is 12.9. The molecular formula is C12H25NO2. The van der Waals surface area contributed by atoms with Crippen LogP contribution in [0.2, 0.25) is 0 Å². The molecule has 90 valence electrons. The highest BCUT2D eigenvalue weighted by atomic mass is 16.5. The fourth-order valence-corrected chi connectivity index (χ4v) is 2.03. The molecule has 2 N–H and O–H groups in total. The lowest BCUT2D eigenvalue weighted by atomic mass is 9.95. The average Bonchev–Trinajstić information content (AvgIpc) is 3.07. The van der Waals surface area contributed by atoms with Gasteiger partial charge in [0.05, 0.1) is 18.8 Å². The Morgan fingerprint density at radius 3 is 2.60 bits per heavy atom. The summed E-state index contributed by atoms with van der Waals surface area (Å²) in [5.74, 6) is 0.615. The zero-order valence-corrected chi connectivity index (χ0v) is 10.1. The molecule has 3 nitrogen and oxygen atoms in total. The summed E-state index contributed by atoms with van der Waals surface area (Å²) in [5.41, 5.74) is -0.164. The van der Waals surface area contributed by atoms with Crippen molar-refractivity contribution in [3.8, 4) is 0 Å². The van der Waals surface area contributed by atoms with Crippen LogP contribution in [-0.4, -0.2) is 37.0 Å². The fourth-order valence-electron chi connectivity index (χ4n) is 2.03. The van der Waals surface area contributed by atoms with E-state index in [0.29, 0.717) is 12.5 Å². The highest BCUT2D eigenvalue weighted by Gasteiger charge is 2.44. The first-order valence-electron chi connectivity index (χ1n) is 6.22. The minimum atomic E-state index is -0.164. The van der Waals surface area contributed by atoms with Crippen molar-refractivity contribution < 1.29 is 9.84 Å². The summed E-state index contributed by atoms with van der Waals surface area (Å²) >= 11 is 0. The van der Waals surface area contributed by atoms with Gasteiger partial charge in [-0.05, 0) is 31.7 Å². The van der Waals surface area contributed by atoms with Gasteiger partial charge in [0.2, 0.25) is 0 Å². The van der Waals surface area contributed by atoms with E-state index in [9.17, 15) is 5.11 Å². The van der Waals surface area contributed by atoms with Crippen molar-refractivity contribution in [2.45, 2.75) is 45.1 Å². The lowest BCUT2D eigenvalue weighted by molar-refractivity contribution is 0.0236. The zero-order valence-electron chi connectivity index (χ0n) is 10.1. The van der Waals surface area contributed by atoms with Gasteiger partial charge in [-0.3, -0.25) is 0 Å². The van der Waals surface area contributed by atoms with Crippen molar-refractivity contribution in [2.75, 3.05) is 26.4 Å². The van der Waals surface area contributed by atoms with Crippen LogP contribution >= 0.6 is 0 Å². The van der Waals surface area contributed by atoms with E-state index in [-0.39, 0.29) is 12.1 Å². The van der Waals surface area contributed by atoms with E-state index in [4.69, 9.17) is 4.74 Å². The Kier molecular flexibility index (Phi) is 5.58. The Labute approximate surface area is 93.2 Å². The predicted molar refractivity (Wildman–Crippen MR) is 61.9 cm³/mol. The molecule has 1 aliphatic rings. The Bertz CT molecular complexity index is 171. The summed E-state index contributed by atoms with van der Waals surface area (Å²) in [7, 11) is 0. The molecule has 1 fully saturated rings. The number of nitrogens with one attached hydrogen (secondary N) is 1. The highest BCUT2D eigenvalue weighted by Crippen LogP contribution is 2.39. The summed E-state index contributed by atoms with van der Waals surface area (Å²) in [6.45, 7) is 6.80. The van der Waals surface area contributed by atoms with Crippen molar-refractivity contribution in [3.63, 3.8) is 0 Å². The minimum absolute atomic E-state index is 0.164. The first-order valence-corrected chi connectivity index (χ1v) is 6.22. The Balaban J connectivity index is 2.33. The first-order chi connectivity index (χ1) is 7.29. The molecule has 1 unspecified atom stereocenters. The minimum Gasteiger partial charge on any atom is -0.394 e. The van der Waals surface area contributed by atoms with Crippen LogP contribution in [0.1, 0.15) is 39.5 Å². The monoisotopic (exact) mass is 215 g/mol. The molecule has 15 heavy (non-hydrogen) atoms. The summed E-state index contributed by atoms with van der Waals surface area (Å²) in [4.78, 5) is 0. The lowest BCUT2D eigenvalue weighted by Crippen LogP contribution is -2.54. The van der Waals surface area contributed by atoms with E-state index in [1.54, 1.807) is 0 Å². The van der Waals surface area contributed by atoms with Crippen molar-refractivity contribution in [1.82, 2.24) is 5.32 Å². The Hall–Kier alpha value is -0.120. The molecule has 0 aliphatic heterocycles. The van der Waals surface area contributed by atoms with Gasteiger partial charge in [0, 0.05) is 6.61 Å². The molecule has 3 heteroatoms. The zero-order chi connectivity index (χ0) is 11.1. The van der Waals surface area contributed by atoms with Crippen molar-refractivity contribution in [3.05, 3.63) is 0 Å². The van der Waals surface area contributed by atoms with Crippen LogP contribution in [0, 0.1) is 5.92 Å². The quantitative estimate of drug-likeness (QED) is 0.573. The second-order valence-corrected chi connectivity index (χ2v) is 4.52. The van der Waals surface area contributed by atoms with Crippen LogP contribution in [-0.2, 0) is 4.74 Å². The fraction of sp³-hybridized carbons (Fsp3) is 1.00. The molecule has 1 rings (SSSR count). The van der Waals surface area contributed by atoms with Gasteiger partial charge in [-0.15, -0.1) is 0 Å². The van der Waals surface area contributed by atoms with E-state index < -0.39 is 0 Å². The maximum Gasteiger partial charge on any atom is 0.0679 e. The molecule has 0 spiro atoms. The second-order valence-electron chi connectivity index (χ2n) is 4.52. The molecule has 0 aromatic rings. The number of ether oxygens (including phenoxy) is 1. The maximum absolute atomic E-state index is 9.53. The summed E-state index contributed by atoms with van der Waals surface area (Å²) in [6.07, 6.45) is 4.73. The van der Waals surface area contributed by atoms with Crippen molar-refractivity contribution in [1.29, 1.82) is 0 Å². The standard InChI is InChI=1S/C12H25NO2/c1-3-5-8-15-10-12(9-14,13-4-2)11-6-7-11/h11,13-14H,3-10H2,1-2H3. The van der Waals surface area contributed by atoms with E-state index in [0.717, 1.165) is 26.0 Å². The molecule has 0 radical (unpaired) electrons. The molecule has 0 amide bonds. The third-order valence-corrected chi connectivity index (χ3v) is 3.17. The van der Waals surface area contributed by atoms with Crippen molar-refractivity contribution >= 4 is 0 Å². The van der Waals surface area contributed by atoms with Crippen LogP contribution in [0.5, 0.6) is 0 Å². The second kappa shape index (κ2) is 6.46. The van der Waals surface area contributed by atoms with Crippen LogP contribution in [0.25, 0.3) is 0 Å². The number of hydrogen-bond acceptors (Lipinski definition) is 3. The molecule has 0 heterocycles. The first kappa shape index (κ1) is 12.9. The molecule has 1 atom stereocenters. The van der Waals surface area contributed by atoms with Gasteiger partial charge in [-0.25, -0.2) is 0 Å². The number of aliphatic hydroxyl groups excluding tert-OH is 1. The summed E-state index contributed by atoms with van der Waals surface area (Å²) in [6, 6.07) is 0. The number of likely N-dealkylation sites (N-methyl/N-ethyl adjacent to an activating group) is 1. The Morgan fingerprint density at radius 2 is 2.13 bits per heavy atom. The van der Waals surface area contributed by atoms with Gasteiger partial charge in [0.25, 0.3) is 0 Å². The highest BCUT2D eigenvalue weighted by molar-refractivity contribution is 5.00. The van der Waals surface area contributed by atoms with E-state index in [1.807, 2.05) is 0 Å². The maximum atomic E-state index is 9.53. The van der Waals surface area contributed by atoms with Crippen molar-refractivity contribution in [2.24, 2.45) is 5.92 Å². The van der Waals surface area contributed by atoms with Gasteiger partial charge in [0.1, 0.15) is 0 Å². The normalized spacial score (nSPS) is 20.2. The SMILES string of the molecule is CCCCOCC(CO)(NCC)C1CC1. The van der Waals surface area contributed by atoms with Crippen LogP contribution in [0.4, 0.5) is 0 Å². The van der Waals surface area contributed by atoms with Gasteiger partial charge in [-0.1, -0.05) is 20.3 Å². The van der Waals surface area contributed by atoms with E-state index >= 15 is 0 Å². The third-order valence-electron chi connectivity index (χ3n) is 3.17. The number of rotatable bonds is 9. The van der Waals surface area contributed by atoms with Gasteiger partial charge in [0.15, 0.2) is 0 Å². The van der Waals surface area contributed by atoms with Crippen LogP contribution in [0.3, 0.4) is 0 Å². The molecule has 0 bridgehead atoms. The molecule has 0 aromatic carbocycles. The topological polar surface area (TPSA) is 41.5 Å². The predicted octanol–water partition coefficient (Wildman–Crippen LogP) is 1.55. The van der Waals surface area contributed by atoms with Gasteiger partial charge < -0.3 is 15.2 Å². The average molecular weight is 215 g/mol.